The molecule has 0 bridgehead atoms. The Kier molecular flexibility index (Phi) is 4.09. The lowest BCUT2D eigenvalue weighted by atomic mass is 10.0. The van der Waals surface area contributed by atoms with Gasteiger partial charge in [0.15, 0.2) is 0 Å². The molecule has 1 N–H and O–H groups in total. The van der Waals surface area contributed by atoms with E-state index in [1.165, 1.54) is 6.07 Å². The van der Waals surface area contributed by atoms with Crippen molar-refractivity contribution < 1.29 is 9.50 Å². The topological polar surface area (TPSA) is 33.1 Å². The fourth-order valence-electron chi connectivity index (χ4n) is 1.75. The van der Waals surface area contributed by atoms with E-state index in [0.717, 1.165) is 11.3 Å². The van der Waals surface area contributed by atoms with E-state index in [1.54, 1.807) is 18.3 Å². The van der Waals surface area contributed by atoms with Gasteiger partial charge in [0, 0.05) is 28.3 Å². The van der Waals surface area contributed by atoms with Crippen molar-refractivity contribution in [2.24, 2.45) is 0 Å². The van der Waals surface area contributed by atoms with Crippen molar-refractivity contribution >= 4 is 15.9 Å². The van der Waals surface area contributed by atoms with Crippen LogP contribution in [0, 0.1) is 12.7 Å². The maximum atomic E-state index is 13.7. The molecule has 0 aliphatic heterocycles. The summed E-state index contributed by atoms with van der Waals surface area (Å²) < 4.78 is 14.2. The number of aliphatic hydroxyl groups excluding tert-OH is 1. The van der Waals surface area contributed by atoms with Gasteiger partial charge in [0.1, 0.15) is 5.82 Å². The van der Waals surface area contributed by atoms with Crippen molar-refractivity contribution in [3.05, 3.63) is 63.6 Å². The van der Waals surface area contributed by atoms with Crippen molar-refractivity contribution in [3.8, 4) is 0 Å². The quantitative estimate of drug-likeness (QED) is 0.940. The Morgan fingerprint density at radius 1 is 1.33 bits per heavy atom. The zero-order chi connectivity index (χ0) is 13.1. The minimum Gasteiger partial charge on any atom is -0.388 e. The van der Waals surface area contributed by atoms with Gasteiger partial charge in [0.25, 0.3) is 0 Å². The van der Waals surface area contributed by atoms with Gasteiger partial charge in [-0.05, 0) is 30.7 Å². The molecule has 4 heteroatoms. The van der Waals surface area contributed by atoms with Crippen LogP contribution in [0.1, 0.15) is 22.9 Å². The normalized spacial score (nSPS) is 12.4. The minimum atomic E-state index is -0.907. The summed E-state index contributed by atoms with van der Waals surface area (Å²) in [6.07, 6.45) is 1.12. The molecule has 1 aromatic carbocycles. The first-order valence-electron chi connectivity index (χ1n) is 5.61. The SMILES string of the molecule is Cc1ccc(CC(O)c2c(F)cccc2Br)nc1. The van der Waals surface area contributed by atoms with Gasteiger partial charge in [-0.25, -0.2) is 4.39 Å². The van der Waals surface area contributed by atoms with Crippen molar-refractivity contribution in [3.63, 3.8) is 0 Å². The third-order valence-electron chi connectivity index (χ3n) is 2.71. The Balaban J connectivity index is 2.22. The number of nitrogens with zero attached hydrogens (tertiary/aromatic N) is 1. The molecule has 1 atom stereocenters. The number of aryl methyl sites for hydroxylation is 1. The molecule has 0 aliphatic rings. The molecule has 18 heavy (non-hydrogen) atoms. The van der Waals surface area contributed by atoms with E-state index in [4.69, 9.17) is 0 Å². The predicted octanol–water partition coefficient (Wildman–Crippen LogP) is 3.57. The lowest BCUT2D eigenvalue weighted by molar-refractivity contribution is 0.171. The Hall–Kier alpha value is -1.26. The number of aliphatic hydroxyl groups is 1. The van der Waals surface area contributed by atoms with E-state index in [9.17, 15) is 9.50 Å². The van der Waals surface area contributed by atoms with Crippen LogP contribution in [0.4, 0.5) is 4.39 Å². The first-order chi connectivity index (χ1) is 8.58. The summed E-state index contributed by atoms with van der Waals surface area (Å²) >= 11 is 3.25. The average molecular weight is 310 g/mol. The zero-order valence-corrected chi connectivity index (χ0v) is 11.5. The Bertz CT molecular complexity index is 522. The van der Waals surface area contributed by atoms with Crippen LogP contribution < -0.4 is 0 Å². The molecule has 1 unspecified atom stereocenters. The molecule has 2 aromatic rings. The highest BCUT2D eigenvalue weighted by Crippen LogP contribution is 2.28. The van der Waals surface area contributed by atoms with Crippen LogP contribution in [0.3, 0.4) is 0 Å². The van der Waals surface area contributed by atoms with E-state index in [0.29, 0.717) is 10.9 Å². The maximum absolute atomic E-state index is 13.7. The fraction of sp³-hybridized carbons (Fsp3) is 0.214. The number of rotatable bonds is 3. The molecule has 1 heterocycles. The summed E-state index contributed by atoms with van der Waals surface area (Å²) in [6.45, 7) is 1.95. The maximum Gasteiger partial charge on any atom is 0.130 e. The van der Waals surface area contributed by atoms with Crippen molar-refractivity contribution in [2.45, 2.75) is 19.4 Å². The second-order valence-corrected chi connectivity index (χ2v) is 5.04. The first-order valence-corrected chi connectivity index (χ1v) is 6.40. The minimum absolute atomic E-state index is 0.278. The van der Waals surface area contributed by atoms with Crippen LogP contribution in [-0.4, -0.2) is 10.1 Å². The molecule has 0 fully saturated rings. The smallest absolute Gasteiger partial charge is 0.130 e. The molecule has 0 spiro atoms. The van der Waals surface area contributed by atoms with Gasteiger partial charge in [-0.15, -0.1) is 0 Å². The molecule has 1 aromatic heterocycles. The van der Waals surface area contributed by atoms with Crippen LogP contribution in [0.25, 0.3) is 0 Å². The van der Waals surface area contributed by atoms with Gasteiger partial charge in [-0.3, -0.25) is 4.98 Å². The summed E-state index contributed by atoms with van der Waals surface area (Å²) in [5.74, 6) is -0.413. The number of hydrogen-bond donors (Lipinski definition) is 1. The molecule has 0 aliphatic carbocycles. The molecule has 2 nitrogen and oxygen atoms in total. The molecule has 0 radical (unpaired) electrons. The lowest BCUT2D eigenvalue weighted by Crippen LogP contribution is -2.06. The second kappa shape index (κ2) is 5.59. The van der Waals surface area contributed by atoms with E-state index in [2.05, 4.69) is 20.9 Å². The first kappa shape index (κ1) is 13.2. The van der Waals surface area contributed by atoms with Crippen molar-refractivity contribution in [1.29, 1.82) is 0 Å². The molecule has 0 amide bonds. The number of benzene rings is 1. The molecule has 2 rings (SSSR count). The molecular formula is C14H13BrFNO. The predicted molar refractivity (Wildman–Crippen MR) is 71.7 cm³/mol. The van der Waals surface area contributed by atoms with Crippen LogP contribution in [0.5, 0.6) is 0 Å². The highest BCUT2D eigenvalue weighted by molar-refractivity contribution is 9.10. The lowest BCUT2D eigenvalue weighted by Gasteiger charge is -2.13. The van der Waals surface area contributed by atoms with Gasteiger partial charge < -0.3 is 5.11 Å². The van der Waals surface area contributed by atoms with E-state index in [-0.39, 0.29) is 5.56 Å². The van der Waals surface area contributed by atoms with Crippen molar-refractivity contribution in [2.75, 3.05) is 0 Å². The summed E-state index contributed by atoms with van der Waals surface area (Å²) in [5, 5.41) is 10.1. The number of pyridine rings is 1. The summed E-state index contributed by atoms with van der Waals surface area (Å²) in [7, 11) is 0. The van der Waals surface area contributed by atoms with Crippen LogP contribution in [0.2, 0.25) is 0 Å². The van der Waals surface area contributed by atoms with E-state index >= 15 is 0 Å². The molecule has 0 saturated carbocycles. The largest absolute Gasteiger partial charge is 0.388 e. The Morgan fingerprint density at radius 3 is 2.72 bits per heavy atom. The van der Waals surface area contributed by atoms with Crippen LogP contribution in [-0.2, 0) is 6.42 Å². The third kappa shape index (κ3) is 2.94. The molecular weight excluding hydrogens is 297 g/mol. The summed E-state index contributed by atoms with van der Waals surface area (Å²) in [6, 6.07) is 8.41. The van der Waals surface area contributed by atoms with Gasteiger partial charge >= 0.3 is 0 Å². The van der Waals surface area contributed by atoms with Crippen LogP contribution >= 0.6 is 15.9 Å². The Labute approximate surface area is 114 Å². The number of hydrogen-bond acceptors (Lipinski definition) is 2. The molecule has 94 valence electrons. The standard InChI is InChI=1S/C14H13BrFNO/c1-9-5-6-10(17-8-9)7-13(18)14-11(15)3-2-4-12(14)16/h2-6,8,13,18H,7H2,1H3. The number of halogens is 2. The number of aromatic nitrogens is 1. The van der Waals surface area contributed by atoms with Gasteiger partial charge in [-0.2, -0.15) is 0 Å². The average Bonchev–Trinajstić information content (AvgIpc) is 2.32. The van der Waals surface area contributed by atoms with E-state index < -0.39 is 11.9 Å². The van der Waals surface area contributed by atoms with Gasteiger partial charge in [0.2, 0.25) is 0 Å². The Morgan fingerprint density at radius 2 is 2.11 bits per heavy atom. The zero-order valence-electron chi connectivity index (χ0n) is 9.90. The van der Waals surface area contributed by atoms with Crippen LogP contribution in [0.15, 0.2) is 41.0 Å². The van der Waals surface area contributed by atoms with Gasteiger partial charge in [0.05, 0.1) is 6.10 Å². The second-order valence-electron chi connectivity index (χ2n) is 4.18. The summed E-state index contributed by atoms with van der Waals surface area (Å²) in [4.78, 5) is 4.21. The third-order valence-corrected chi connectivity index (χ3v) is 3.40. The highest BCUT2D eigenvalue weighted by Gasteiger charge is 2.17. The monoisotopic (exact) mass is 309 g/mol. The van der Waals surface area contributed by atoms with Gasteiger partial charge in [-0.1, -0.05) is 28.1 Å². The summed E-state index contributed by atoms with van der Waals surface area (Å²) in [5.41, 5.74) is 2.07. The molecule has 0 saturated heterocycles. The van der Waals surface area contributed by atoms with Crippen molar-refractivity contribution in [1.82, 2.24) is 4.98 Å². The van der Waals surface area contributed by atoms with E-state index in [1.807, 2.05) is 19.1 Å². The highest BCUT2D eigenvalue weighted by atomic mass is 79.9. The fourth-order valence-corrected chi connectivity index (χ4v) is 2.35.